The van der Waals surface area contributed by atoms with E-state index >= 15 is 0 Å². The molecule has 0 spiro atoms. The number of rotatable bonds is 5. The molecule has 3 heterocycles. The number of hydrogen-bond donors (Lipinski definition) is 2. The molecule has 1 aliphatic rings. The number of anilines is 1. The fraction of sp³-hybridized carbons (Fsp3) is 0.273. The molecular weight excluding hydrogens is 423 g/mol. The van der Waals surface area contributed by atoms with Gasteiger partial charge in [0.25, 0.3) is 0 Å². The van der Waals surface area contributed by atoms with Gasteiger partial charge in [0.2, 0.25) is 5.91 Å². The van der Waals surface area contributed by atoms with Crippen LogP contribution in [0.5, 0.6) is 0 Å². The molecule has 1 saturated heterocycles. The molecule has 3 aromatic rings. The molecule has 1 fully saturated rings. The maximum atomic E-state index is 12.9. The predicted octanol–water partition coefficient (Wildman–Crippen LogP) is 3.13. The van der Waals surface area contributed by atoms with Gasteiger partial charge in [0, 0.05) is 42.8 Å². The lowest BCUT2D eigenvalue weighted by Gasteiger charge is -2.19. The first-order valence-corrected chi connectivity index (χ1v) is 9.89. The number of pyridine rings is 1. The first kappa shape index (κ1) is 21.7. The number of carbonyl (C=O) groups is 1. The van der Waals surface area contributed by atoms with E-state index in [-0.39, 0.29) is 24.5 Å². The van der Waals surface area contributed by atoms with Crippen LogP contribution < -0.4 is 5.32 Å². The van der Waals surface area contributed by atoms with Crippen molar-refractivity contribution < 1.29 is 23.1 Å². The summed E-state index contributed by atoms with van der Waals surface area (Å²) >= 11 is 0. The minimum Gasteiger partial charge on any atom is -0.396 e. The van der Waals surface area contributed by atoms with Gasteiger partial charge >= 0.3 is 6.18 Å². The van der Waals surface area contributed by atoms with E-state index in [1.807, 2.05) is 0 Å². The van der Waals surface area contributed by atoms with Crippen LogP contribution >= 0.6 is 0 Å². The summed E-state index contributed by atoms with van der Waals surface area (Å²) in [5.74, 6) is -0.00913. The zero-order valence-electron chi connectivity index (χ0n) is 16.9. The highest BCUT2D eigenvalue weighted by Crippen LogP contribution is 2.33. The third-order valence-corrected chi connectivity index (χ3v) is 5.51. The maximum Gasteiger partial charge on any atom is 0.416 e. The molecule has 2 atom stereocenters. The zero-order valence-corrected chi connectivity index (χ0v) is 16.9. The van der Waals surface area contributed by atoms with Gasteiger partial charge in [-0.2, -0.15) is 13.2 Å². The molecule has 1 aliphatic heterocycles. The van der Waals surface area contributed by atoms with Crippen molar-refractivity contribution in [2.45, 2.75) is 12.2 Å². The number of aliphatic hydroxyl groups is 1. The molecule has 32 heavy (non-hydrogen) atoms. The smallest absolute Gasteiger partial charge is 0.396 e. The number of alkyl halides is 3. The third kappa shape index (κ3) is 4.13. The molecule has 166 valence electrons. The lowest BCUT2D eigenvalue weighted by atomic mass is 10.0. The number of amides is 1. The van der Waals surface area contributed by atoms with Crippen LogP contribution in [0.2, 0.25) is 0 Å². The standard InChI is InChI=1S/C22H20F3N5O2/c1-2-18(32)30-10-14(12-31)17(11-30)27-21-16-4-3-9-26-20(16)19(28-29-21)13-5-7-15(8-6-13)22(23,24)25/h2-9,14,17,31H,1,10-12H2,(H,27,29)/t14-,17+/m0/s1. The predicted molar refractivity (Wildman–Crippen MR) is 113 cm³/mol. The van der Waals surface area contributed by atoms with E-state index in [0.717, 1.165) is 12.1 Å². The van der Waals surface area contributed by atoms with Crippen LogP contribution in [0.3, 0.4) is 0 Å². The Morgan fingerprint density at radius 1 is 1.22 bits per heavy atom. The number of aliphatic hydroxyl groups excluding tert-OH is 1. The fourth-order valence-corrected chi connectivity index (χ4v) is 3.81. The minimum atomic E-state index is -4.43. The van der Waals surface area contributed by atoms with Crippen molar-refractivity contribution in [3.63, 3.8) is 0 Å². The Bertz CT molecular complexity index is 1150. The molecule has 7 nitrogen and oxygen atoms in total. The van der Waals surface area contributed by atoms with Crippen molar-refractivity contribution in [1.29, 1.82) is 0 Å². The van der Waals surface area contributed by atoms with Gasteiger partial charge in [-0.3, -0.25) is 9.78 Å². The highest BCUT2D eigenvalue weighted by molar-refractivity contribution is 5.97. The van der Waals surface area contributed by atoms with Crippen LogP contribution in [0.25, 0.3) is 22.2 Å². The number of hydrogen-bond acceptors (Lipinski definition) is 6. The summed E-state index contributed by atoms with van der Waals surface area (Å²) in [4.78, 5) is 17.9. The van der Waals surface area contributed by atoms with E-state index in [0.29, 0.717) is 41.1 Å². The number of nitrogens with zero attached hydrogens (tertiary/aromatic N) is 4. The zero-order chi connectivity index (χ0) is 22.9. The third-order valence-electron chi connectivity index (χ3n) is 5.51. The number of fused-ring (bicyclic) bond motifs is 1. The summed E-state index contributed by atoms with van der Waals surface area (Å²) in [6.07, 6.45) is -1.63. The monoisotopic (exact) mass is 443 g/mol. The second kappa shape index (κ2) is 8.54. The Morgan fingerprint density at radius 2 is 1.97 bits per heavy atom. The number of halogens is 3. The van der Waals surface area contributed by atoms with Gasteiger partial charge in [0.15, 0.2) is 5.82 Å². The van der Waals surface area contributed by atoms with Crippen molar-refractivity contribution in [3.05, 3.63) is 60.8 Å². The van der Waals surface area contributed by atoms with Crippen molar-refractivity contribution >= 4 is 22.6 Å². The van der Waals surface area contributed by atoms with E-state index < -0.39 is 11.7 Å². The van der Waals surface area contributed by atoms with Gasteiger partial charge in [-0.05, 0) is 30.3 Å². The average molecular weight is 443 g/mol. The summed E-state index contributed by atoms with van der Waals surface area (Å²) in [5, 5.41) is 22.1. The van der Waals surface area contributed by atoms with E-state index in [4.69, 9.17) is 0 Å². The van der Waals surface area contributed by atoms with Gasteiger partial charge in [-0.25, -0.2) is 0 Å². The Hall–Kier alpha value is -3.53. The molecular formula is C22H20F3N5O2. The normalized spacial score (nSPS) is 18.7. The summed E-state index contributed by atoms with van der Waals surface area (Å²) in [6.45, 7) is 4.12. The van der Waals surface area contributed by atoms with Gasteiger partial charge in [0.05, 0.1) is 11.6 Å². The first-order chi connectivity index (χ1) is 15.3. The summed E-state index contributed by atoms with van der Waals surface area (Å²) in [6, 6.07) is 7.90. The molecule has 2 aromatic heterocycles. The maximum absolute atomic E-state index is 12.9. The summed E-state index contributed by atoms with van der Waals surface area (Å²) in [7, 11) is 0. The molecule has 1 aromatic carbocycles. The summed E-state index contributed by atoms with van der Waals surface area (Å²) in [5.41, 5.74) is 0.535. The Morgan fingerprint density at radius 3 is 2.62 bits per heavy atom. The van der Waals surface area contributed by atoms with Crippen LogP contribution in [-0.4, -0.2) is 56.8 Å². The fourth-order valence-electron chi connectivity index (χ4n) is 3.81. The second-order valence-corrected chi connectivity index (χ2v) is 7.51. The molecule has 0 radical (unpaired) electrons. The van der Waals surface area contributed by atoms with Crippen LogP contribution in [0.1, 0.15) is 5.56 Å². The average Bonchev–Trinajstić information content (AvgIpc) is 3.21. The first-order valence-electron chi connectivity index (χ1n) is 9.89. The van der Waals surface area contributed by atoms with Crippen LogP contribution in [0.15, 0.2) is 55.3 Å². The van der Waals surface area contributed by atoms with Crippen LogP contribution in [-0.2, 0) is 11.0 Å². The molecule has 1 amide bonds. The Labute approximate surface area is 181 Å². The number of benzene rings is 1. The van der Waals surface area contributed by atoms with Gasteiger partial charge in [-0.1, -0.05) is 18.7 Å². The van der Waals surface area contributed by atoms with Gasteiger partial charge in [0.1, 0.15) is 11.2 Å². The van der Waals surface area contributed by atoms with Gasteiger partial charge < -0.3 is 15.3 Å². The molecule has 0 bridgehead atoms. The molecule has 0 aliphatic carbocycles. The van der Waals surface area contributed by atoms with Crippen molar-refractivity contribution in [2.75, 3.05) is 25.0 Å². The SMILES string of the molecule is C=CC(=O)N1C[C@@H](CO)[C@H](Nc2nnc(-c3ccc(C(F)(F)F)cc3)c3ncccc23)C1. The quantitative estimate of drug-likeness (QED) is 0.589. The molecule has 0 unspecified atom stereocenters. The van der Waals surface area contributed by atoms with Crippen molar-refractivity contribution in [3.8, 4) is 11.3 Å². The number of likely N-dealkylation sites (tertiary alicyclic amines) is 1. The van der Waals surface area contributed by atoms with Crippen molar-refractivity contribution in [1.82, 2.24) is 20.1 Å². The molecule has 10 heteroatoms. The van der Waals surface area contributed by atoms with E-state index in [2.05, 4.69) is 27.1 Å². The number of carbonyl (C=O) groups excluding carboxylic acids is 1. The van der Waals surface area contributed by atoms with Crippen molar-refractivity contribution in [2.24, 2.45) is 5.92 Å². The lowest BCUT2D eigenvalue weighted by molar-refractivity contribution is -0.137. The number of aromatic nitrogens is 3. The molecule has 0 saturated carbocycles. The van der Waals surface area contributed by atoms with E-state index in [1.165, 1.54) is 18.2 Å². The summed E-state index contributed by atoms with van der Waals surface area (Å²) < 4.78 is 38.7. The van der Waals surface area contributed by atoms with E-state index in [9.17, 15) is 23.1 Å². The van der Waals surface area contributed by atoms with Gasteiger partial charge in [-0.15, -0.1) is 10.2 Å². The topological polar surface area (TPSA) is 91.2 Å². The van der Waals surface area contributed by atoms with Crippen LogP contribution in [0, 0.1) is 5.92 Å². The molecule has 2 N–H and O–H groups in total. The molecule has 4 rings (SSSR count). The van der Waals surface area contributed by atoms with Crippen LogP contribution in [0.4, 0.5) is 19.0 Å². The largest absolute Gasteiger partial charge is 0.416 e. The van der Waals surface area contributed by atoms with E-state index in [1.54, 1.807) is 23.2 Å². The minimum absolute atomic E-state index is 0.119. The highest BCUT2D eigenvalue weighted by Gasteiger charge is 2.35. The Kier molecular flexibility index (Phi) is 5.79. The second-order valence-electron chi connectivity index (χ2n) is 7.51. The Balaban J connectivity index is 1.67. The lowest BCUT2D eigenvalue weighted by Crippen LogP contribution is -2.32. The highest BCUT2D eigenvalue weighted by atomic mass is 19.4. The number of nitrogens with one attached hydrogen (secondary N) is 1.